The molecule has 6 heteroatoms. The SMILES string of the molecule is COc1ccc(Cl)cc1NC(=O)COC(=O)CC1CCCC1. The predicted octanol–water partition coefficient (Wildman–Crippen LogP) is 3.41. The molecule has 0 aliphatic heterocycles. The van der Waals surface area contributed by atoms with Crippen LogP contribution < -0.4 is 10.1 Å². The molecule has 0 aromatic heterocycles. The Morgan fingerprint density at radius 3 is 2.73 bits per heavy atom. The number of ether oxygens (including phenoxy) is 2. The number of hydrogen-bond acceptors (Lipinski definition) is 4. The van der Waals surface area contributed by atoms with Gasteiger partial charge in [0.1, 0.15) is 5.75 Å². The number of halogens is 1. The first-order chi connectivity index (χ1) is 10.6. The van der Waals surface area contributed by atoms with Crippen molar-refractivity contribution in [3.05, 3.63) is 23.2 Å². The lowest BCUT2D eigenvalue weighted by Crippen LogP contribution is -2.22. The van der Waals surface area contributed by atoms with Gasteiger partial charge in [0.05, 0.1) is 12.8 Å². The van der Waals surface area contributed by atoms with E-state index in [0.29, 0.717) is 28.8 Å². The predicted molar refractivity (Wildman–Crippen MR) is 84.2 cm³/mol. The summed E-state index contributed by atoms with van der Waals surface area (Å²) >= 11 is 5.89. The quantitative estimate of drug-likeness (QED) is 0.814. The summed E-state index contributed by atoms with van der Waals surface area (Å²) in [6.07, 6.45) is 4.88. The molecule has 0 saturated heterocycles. The van der Waals surface area contributed by atoms with Gasteiger partial charge in [0, 0.05) is 11.4 Å². The molecule has 0 unspecified atom stereocenters. The molecule has 1 fully saturated rings. The van der Waals surface area contributed by atoms with Crippen LogP contribution in [-0.4, -0.2) is 25.6 Å². The fourth-order valence-electron chi connectivity index (χ4n) is 2.62. The van der Waals surface area contributed by atoms with Crippen molar-refractivity contribution in [1.29, 1.82) is 0 Å². The molecule has 0 bridgehead atoms. The average Bonchev–Trinajstić information content (AvgIpc) is 2.98. The van der Waals surface area contributed by atoms with Gasteiger partial charge in [0.25, 0.3) is 5.91 Å². The lowest BCUT2D eigenvalue weighted by molar-refractivity contribution is -0.148. The minimum absolute atomic E-state index is 0.304. The summed E-state index contributed by atoms with van der Waals surface area (Å²) < 4.78 is 10.2. The number of benzene rings is 1. The molecule has 0 heterocycles. The topological polar surface area (TPSA) is 64.6 Å². The van der Waals surface area contributed by atoms with E-state index in [0.717, 1.165) is 12.8 Å². The van der Waals surface area contributed by atoms with Crippen LogP contribution in [0.5, 0.6) is 5.75 Å². The Balaban J connectivity index is 1.80. The van der Waals surface area contributed by atoms with Gasteiger partial charge < -0.3 is 14.8 Å². The van der Waals surface area contributed by atoms with Crippen molar-refractivity contribution in [3.63, 3.8) is 0 Å². The van der Waals surface area contributed by atoms with E-state index in [1.54, 1.807) is 18.2 Å². The van der Waals surface area contributed by atoms with E-state index in [1.807, 2.05) is 0 Å². The lowest BCUT2D eigenvalue weighted by atomic mass is 10.1. The van der Waals surface area contributed by atoms with Crippen molar-refractivity contribution < 1.29 is 19.1 Å². The van der Waals surface area contributed by atoms with Crippen LogP contribution in [0.15, 0.2) is 18.2 Å². The van der Waals surface area contributed by atoms with E-state index >= 15 is 0 Å². The molecule has 1 aliphatic carbocycles. The molecule has 2 rings (SSSR count). The van der Waals surface area contributed by atoms with Crippen molar-refractivity contribution in [2.24, 2.45) is 5.92 Å². The van der Waals surface area contributed by atoms with Gasteiger partial charge in [-0.3, -0.25) is 9.59 Å². The summed E-state index contributed by atoms with van der Waals surface area (Å²) in [5, 5.41) is 3.11. The van der Waals surface area contributed by atoms with E-state index in [4.69, 9.17) is 21.1 Å². The van der Waals surface area contributed by atoms with Crippen LogP contribution in [0.1, 0.15) is 32.1 Å². The molecular formula is C16H20ClNO4. The van der Waals surface area contributed by atoms with E-state index < -0.39 is 5.91 Å². The zero-order valence-electron chi connectivity index (χ0n) is 12.6. The largest absolute Gasteiger partial charge is 0.495 e. The highest BCUT2D eigenvalue weighted by Crippen LogP contribution is 2.28. The van der Waals surface area contributed by atoms with E-state index in [-0.39, 0.29) is 12.6 Å². The van der Waals surface area contributed by atoms with Crippen molar-refractivity contribution in [2.75, 3.05) is 19.0 Å². The fourth-order valence-corrected chi connectivity index (χ4v) is 2.79. The third-order valence-electron chi connectivity index (χ3n) is 3.73. The molecule has 1 aliphatic rings. The molecule has 1 amide bonds. The molecule has 1 aromatic rings. The average molecular weight is 326 g/mol. The van der Waals surface area contributed by atoms with Gasteiger partial charge in [-0.2, -0.15) is 0 Å². The first-order valence-electron chi connectivity index (χ1n) is 7.37. The second-order valence-electron chi connectivity index (χ2n) is 5.41. The summed E-state index contributed by atoms with van der Waals surface area (Å²) in [6, 6.07) is 4.90. The number of carbonyl (C=O) groups is 2. The first kappa shape index (κ1) is 16.6. The van der Waals surface area contributed by atoms with Gasteiger partial charge in [-0.25, -0.2) is 0 Å². The summed E-state index contributed by atoms with van der Waals surface area (Å²) in [5.74, 6) is 0.166. The van der Waals surface area contributed by atoms with E-state index in [1.165, 1.54) is 20.0 Å². The number of anilines is 1. The number of hydrogen-bond donors (Lipinski definition) is 1. The highest BCUT2D eigenvalue weighted by molar-refractivity contribution is 6.31. The van der Waals surface area contributed by atoms with Gasteiger partial charge >= 0.3 is 5.97 Å². The third kappa shape index (κ3) is 4.91. The molecule has 1 aromatic carbocycles. The number of nitrogens with one attached hydrogen (secondary N) is 1. The van der Waals surface area contributed by atoms with Crippen LogP contribution in [0.2, 0.25) is 5.02 Å². The molecule has 22 heavy (non-hydrogen) atoms. The Morgan fingerprint density at radius 1 is 1.32 bits per heavy atom. The summed E-state index contributed by atoms with van der Waals surface area (Å²) in [6.45, 7) is -0.304. The van der Waals surface area contributed by atoms with Crippen LogP contribution in [-0.2, 0) is 14.3 Å². The third-order valence-corrected chi connectivity index (χ3v) is 3.97. The van der Waals surface area contributed by atoms with Crippen molar-refractivity contribution in [3.8, 4) is 5.75 Å². The molecule has 0 atom stereocenters. The maximum absolute atomic E-state index is 11.8. The van der Waals surface area contributed by atoms with Gasteiger partial charge in [-0.15, -0.1) is 0 Å². The van der Waals surface area contributed by atoms with Gasteiger partial charge in [0.15, 0.2) is 6.61 Å². The number of methoxy groups -OCH3 is 1. The molecular weight excluding hydrogens is 306 g/mol. The number of rotatable bonds is 6. The standard InChI is InChI=1S/C16H20ClNO4/c1-21-14-7-6-12(17)9-13(14)18-15(19)10-22-16(20)8-11-4-2-3-5-11/h6-7,9,11H,2-5,8,10H2,1H3,(H,18,19). The number of amides is 1. The minimum atomic E-state index is -0.416. The second-order valence-corrected chi connectivity index (χ2v) is 5.84. The molecule has 0 spiro atoms. The zero-order valence-corrected chi connectivity index (χ0v) is 13.3. The number of carbonyl (C=O) groups excluding carboxylic acids is 2. The Labute approximate surface area is 134 Å². The Hall–Kier alpha value is -1.75. The Bertz CT molecular complexity index is 541. The van der Waals surface area contributed by atoms with Gasteiger partial charge in [-0.05, 0) is 37.0 Å². The Kier molecular flexibility index (Phi) is 6.07. The lowest BCUT2D eigenvalue weighted by Gasteiger charge is -2.11. The highest BCUT2D eigenvalue weighted by atomic mass is 35.5. The molecule has 1 N–H and O–H groups in total. The van der Waals surface area contributed by atoms with Crippen LogP contribution in [0.4, 0.5) is 5.69 Å². The van der Waals surface area contributed by atoms with Crippen LogP contribution in [0, 0.1) is 5.92 Å². The number of esters is 1. The van der Waals surface area contributed by atoms with E-state index in [9.17, 15) is 9.59 Å². The monoisotopic (exact) mass is 325 g/mol. The van der Waals surface area contributed by atoms with Crippen molar-refractivity contribution in [2.45, 2.75) is 32.1 Å². The minimum Gasteiger partial charge on any atom is -0.495 e. The summed E-state index contributed by atoms with van der Waals surface area (Å²) in [5.41, 5.74) is 0.451. The second kappa shape index (κ2) is 8.03. The van der Waals surface area contributed by atoms with E-state index in [2.05, 4.69) is 5.32 Å². The fraction of sp³-hybridized carbons (Fsp3) is 0.500. The summed E-state index contributed by atoms with van der Waals surface area (Å²) in [7, 11) is 1.50. The normalized spacial score (nSPS) is 14.6. The van der Waals surface area contributed by atoms with Crippen molar-refractivity contribution in [1.82, 2.24) is 0 Å². The highest BCUT2D eigenvalue weighted by Gasteiger charge is 2.20. The maximum atomic E-state index is 11.8. The smallest absolute Gasteiger partial charge is 0.306 e. The zero-order chi connectivity index (χ0) is 15.9. The first-order valence-corrected chi connectivity index (χ1v) is 7.75. The summed E-state index contributed by atoms with van der Waals surface area (Å²) in [4.78, 5) is 23.5. The van der Waals surface area contributed by atoms with Crippen LogP contribution in [0.3, 0.4) is 0 Å². The van der Waals surface area contributed by atoms with Gasteiger partial charge in [0.2, 0.25) is 0 Å². The van der Waals surface area contributed by atoms with Crippen LogP contribution in [0.25, 0.3) is 0 Å². The van der Waals surface area contributed by atoms with Crippen LogP contribution >= 0.6 is 11.6 Å². The maximum Gasteiger partial charge on any atom is 0.306 e. The molecule has 120 valence electrons. The molecule has 1 saturated carbocycles. The molecule has 0 radical (unpaired) electrons. The Morgan fingerprint density at radius 2 is 2.05 bits per heavy atom. The van der Waals surface area contributed by atoms with Gasteiger partial charge in [-0.1, -0.05) is 24.4 Å². The molecule has 5 nitrogen and oxygen atoms in total. The van der Waals surface area contributed by atoms with Crippen molar-refractivity contribution >= 4 is 29.2 Å².